The van der Waals surface area contributed by atoms with Crippen molar-refractivity contribution in [3.8, 4) is 5.75 Å². The zero-order valence-corrected chi connectivity index (χ0v) is 22.7. The number of hydrogen-bond donors (Lipinski definition) is 0. The summed E-state index contributed by atoms with van der Waals surface area (Å²) in [4.78, 5) is 29.2. The van der Waals surface area contributed by atoms with E-state index in [9.17, 15) is 14.9 Å². The molecule has 4 rings (SSSR count). The van der Waals surface area contributed by atoms with Crippen molar-refractivity contribution in [3.05, 3.63) is 107 Å². The Morgan fingerprint density at radius 1 is 1.11 bits per heavy atom. The number of aromatic nitrogens is 2. The number of fused-ring (bicyclic) bond motifs is 1. The molecule has 4 aromatic rings. The zero-order valence-electron chi connectivity index (χ0n) is 19.5. The average molecular weight is 614 g/mol. The van der Waals surface area contributed by atoms with Gasteiger partial charge in [0.05, 0.1) is 22.0 Å². The molecule has 0 aliphatic rings. The Balaban J connectivity index is 1.68. The number of nitro benzene ring substituents is 1. The quantitative estimate of drug-likeness (QED) is 0.124. The molecule has 0 amide bonds. The fraction of sp³-hybridized carbons (Fsp3) is 0.192. The van der Waals surface area contributed by atoms with E-state index in [-0.39, 0.29) is 29.5 Å². The second-order valence-corrected chi connectivity index (χ2v) is 10.0. The Labute approximate surface area is 224 Å². The second-order valence-electron chi connectivity index (χ2n) is 8.20. The normalized spacial score (nSPS) is 12.2. The van der Waals surface area contributed by atoms with Gasteiger partial charge in [-0.1, -0.05) is 57.8 Å². The topological polar surface area (TPSA) is 99.6 Å². The lowest BCUT2D eigenvalue weighted by Gasteiger charge is -2.14. The number of halogens is 2. The van der Waals surface area contributed by atoms with Crippen molar-refractivity contribution in [1.29, 1.82) is 0 Å². The molecule has 0 saturated heterocycles. The number of benzene rings is 3. The molecule has 3 aromatic carbocycles. The second kappa shape index (κ2) is 11.1. The molecule has 1 heterocycles. The maximum absolute atomic E-state index is 13.3. The molecular weight excluding hydrogens is 592 g/mol. The van der Waals surface area contributed by atoms with E-state index in [1.807, 2.05) is 44.2 Å². The van der Waals surface area contributed by atoms with Crippen LogP contribution in [-0.2, 0) is 6.61 Å². The Kier molecular flexibility index (Phi) is 7.95. The number of nitro groups is 1. The predicted molar refractivity (Wildman–Crippen MR) is 147 cm³/mol. The van der Waals surface area contributed by atoms with Crippen LogP contribution in [0.1, 0.15) is 43.1 Å². The summed E-state index contributed by atoms with van der Waals surface area (Å²) < 4.78 is 8.68. The summed E-state index contributed by atoms with van der Waals surface area (Å²) in [5.41, 5.74) is 1.43. The van der Waals surface area contributed by atoms with Gasteiger partial charge in [0.15, 0.2) is 5.75 Å². The van der Waals surface area contributed by atoms with Gasteiger partial charge < -0.3 is 4.74 Å². The molecule has 10 heteroatoms. The van der Waals surface area contributed by atoms with E-state index in [1.165, 1.54) is 23.0 Å². The maximum Gasteiger partial charge on any atom is 0.311 e. The molecular formula is C26H22Br2N4O4. The molecule has 0 aliphatic heterocycles. The summed E-state index contributed by atoms with van der Waals surface area (Å²) in [5, 5.41) is 16.5. The average Bonchev–Trinajstić information content (AvgIpc) is 2.87. The minimum atomic E-state index is -0.500. The van der Waals surface area contributed by atoms with Crippen LogP contribution in [0, 0.1) is 10.1 Å². The maximum atomic E-state index is 13.3. The third kappa shape index (κ3) is 5.71. The summed E-state index contributed by atoms with van der Waals surface area (Å²) in [6.45, 7) is 4.17. The molecule has 184 valence electrons. The smallest absolute Gasteiger partial charge is 0.311 e. The lowest BCUT2D eigenvalue weighted by molar-refractivity contribution is -0.385. The molecule has 0 fully saturated rings. The van der Waals surface area contributed by atoms with Gasteiger partial charge in [0.2, 0.25) is 0 Å². The first-order valence-corrected chi connectivity index (χ1v) is 12.8. The van der Waals surface area contributed by atoms with Crippen molar-refractivity contribution in [1.82, 2.24) is 9.66 Å². The highest BCUT2D eigenvalue weighted by Crippen LogP contribution is 2.29. The molecule has 0 unspecified atom stereocenters. The van der Waals surface area contributed by atoms with Crippen LogP contribution in [0.3, 0.4) is 0 Å². The van der Waals surface area contributed by atoms with Crippen LogP contribution in [0.2, 0.25) is 0 Å². The van der Waals surface area contributed by atoms with Crippen LogP contribution in [0.5, 0.6) is 5.75 Å². The van der Waals surface area contributed by atoms with Gasteiger partial charge in [-0.05, 0) is 54.4 Å². The summed E-state index contributed by atoms with van der Waals surface area (Å²) in [7, 11) is 0. The van der Waals surface area contributed by atoms with E-state index in [1.54, 1.807) is 18.2 Å². The standard InChI is InChI=1S/C26H22Br2N4O4/c1-3-16(2)25-30-22-10-9-20(28)13-21(22)26(33)31(25)29-14-18-6-11-24(23(12-18)32(34)35)36-15-17-4-7-19(27)8-5-17/h4-14,16H,3,15H2,1-2H3/t16-/m1/s1. The minimum absolute atomic E-state index is 0.0216. The minimum Gasteiger partial charge on any atom is -0.482 e. The van der Waals surface area contributed by atoms with E-state index >= 15 is 0 Å². The molecule has 1 aromatic heterocycles. The Hall–Kier alpha value is -3.37. The fourth-order valence-corrected chi connectivity index (χ4v) is 4.15. The molecule has 0 radical (unpaired) electrons. The summed E-state index contributed by atoms with van der Waals surface area (Å²) in [6.07, 6.45) is 2.18. The summed E-state index contributed by atoms with van der Waals surface area (Å²) in [5.74, 6) is 0.652. The number of nitrogens with zero attached hydrogens (tertiary/aromatic N) is 4. The molecule has 0 aliphatic carbocycles. The zero-order chi connectivity index (χ0) is 25.8. The van der Waals surface area contributed by atoms with Gasteiger partial charge in [0.25, 0.3) is 5.56 Å². The van der Waals surface area contributed by atoms with Crippen LogP contribution in [-0.4, -0.2) is 20.8 Å². The van der Waals surface area contributed by atoms with Crippen LogP contribution < -0.4 is 10.3 Å². The number of rotatable bonds is 8. The Morgan fingerprint density at radius 2 is 1.83 bits per heavy atom. The van der Waals surface area contributed by atoms with Crippen molar-refractivity contribution in [2.75, 3.05) is 0 Å². The molecule has 8 nitrogen and oxygen atoms in total. The third-order valence-corrected chi connectivity index (χ3v) is 6.72. The van der Waals surface area contributed by atoms with Gasteiger partial charge >= 0.3 is 5.69 Å². The van der Waals surface area contributed by atoms with E-state index < -0.39 is 4.92 Å². The molecule has 0 saturated carbocycles. The van der Waals surface area contributed by atoms with Crippen molar-refractivity contribution in [2.24, 2.45) is 5.10 Å². The molecule has 1 atom stereocenters. The molecule has 0 spiro atoms. The van der Waals surface area contributed by atoms with Gasteiger partial charge in [-0.25, -0.2) is 4.98 Å². The van der Waals surface area contributed by atoms with Crippen molar-refractivity contribution in [3.63, 3.8) is 0 Å². The van der Waals surface area contributed by atoms with E-state index in [0.29, 0.717) is 22.3 Å². The monoisotopic (exact) mass is 612 g/mol. The SMILES string of the molecule is CC[C@@H](C)c1nc2ccc(Br)cc2c(=O)n1N=Cc1ccc(OCc2ccc(Br)cc2)c([N+](=O)[O-])c1. The van der Waals surface area contributed by atoms with Crippen molar-refractivity contribution >= 4 is 54.7 Å². The van der Waals surface area contributed by atoms with Gasteiger partial charge in [0.1, 0.15) is 12.4 Å². The van der Waals surface area contributed by atoms with Crippen LogP contribution in [0.4, 0.5) is 5.69 Å². The van der Waals surface area contributed by atoms with Crippen molar-refractivity contribution < 1.29 is 9.66 Å². The molecule has 0 N–H and O–H groups in total. The van der Waals surface area contributed by atoms with E-state index in [0.717, 1.165) is 20.9 Å². The Bertz CT molecular complexity index is 1520. The van der Waals surface area contributed by atoms with E-state index in [4.69, 9.17) is 4.74 Å². The summed E-state index contributed by atoms with van der Waals surface area (Å²) in [6, 6.07) is 17.4. The Morgan fingerprint density at radius 3 is 2.53 bits per heavy atom. The van der Waals surface area contributed by atoms with Gasteiger partial charge in [0, 0.05) is 26.5 Å². The van der Waals surface area contributed by atoms with Crippen molar-refractivity contribution in [2.45, 2.75) is 32.8 Å². The fourth-order valence-electron chi connectivity index (χ4n) is 3.52. The van der Waals surface area contributed by atoms with Gasteiger partial charge in [-0.3, -0.25) is 14.9 Å². The van der Waals surface area contributed by atoms with E-state index in [2.05, 4.69) is 41.9 Å². The predicted octanol–water partition coefficient (Wildman–Crippen LogP) is 6.80. The van der Waals surface area contributed by atoms with Crippen LogP contribution in [0.15, 0.2) is 79.5 Å². The first-order chi connectivity index (χ1) is 17.3. The number of hydrogen-bond acceptors (Lipinski definition) is 6. The van der Waals surface area contributed by atoms with Gasteiger partial charge in [-0.15, -0.1) is 0 Å². The summed E-state index contributed by atoms with van der Waals surface area (Å²) >= 11 is 6.77. The lowest BCUT2D eigenvalue weighted by Crippen LogP contribution is -2.23. The van der Waals surface area contributed by atoms with Crippen LogP contribution in [0.25, 0.3) is 10.9 Å². The lowest BCUT2D eigenvalue weighted by atomic mass is 10.1. The number of ether oxygens (including phenoxy) is 1. The van der Waals surface area contributed by atoms with Crippen LogP contribution >= 0.6 is 31.9 Å². The third-order valence-electron chi connectivity index (χ3n) is 5.70. The van der Waals surface area contributed by atoms with Gasteiger partial charge in [-0.2, -0.15) is 9.78 Å². The highest BCUT2D eigenvalue weighted by Gasteiger charge is 2.18. The molecule has 36 heavy (non-hydrogen) atoms. The first kappa shape index (κ1) is 25.7. The highest BCUT2D eigenvalue weighted by atomic mass is 79.9. The molecule has 0 bridgehead atoms. The first-order valence-electron chi connectivity index (χ1n) is 11.2. The highest BCUT2D eigenvalue weighted by molar-refractivity contribution is 9.10. The largest absolute Gasteiger partial charge is 0.482 e.